The number of hydrogen-bond acceptors (Lipinski definition) is 8. The third-order valence-corrected chi connectivity index (χ3v) is 8.18. The lowest BCUT2D eigenvalue weighted by Gasteiger charge is -2.44. The van der Waals surface area contributed by atoms with E-state index in [-0.39, 0.29) is 18.0 Å². The van der Waals surface area contributed by atoms with Crippen LogP contribution in [0.2, 0.25) is 6.32 Å². The van der Waals surface area contributed by atoms with Crippen molar-refractivity contribution in [3.05, 3.63) is 71.1 Å². The summed E-state index contributed by atoms with van der Waals surface area (Å²) in [6.45, 7) is 4.09. The Morgan fingerprint density at radius 3 is 2.67 bits per heavy atom. The van der Waals surface area contributed by atoms with Gasteiger partial charge in [0, 0.05) is 6.20 Å². The Morgan fingerprint density at radius 1 is 1.20 bits per heavy atom. The highest BCUT2D eigenvalue weighted by atomic mass is 16.5. The second-order valence-corrected chi connectivity index (χ2v) is 10.9. The number of rotatable bonds is 6. The number of methoxy groups -OCH3 is 1. The van der Waals surface area contributed by atoms with E-state index in [0.29, 0.717) is 24.2 Å². The number of aromatic nitrogens is 1. The molecule has 208 valence electrons. The van der Waals surface area contributed by atoms with Gasteiger partial charge in [0.05, 0.1) is 30.7 Å². The smallest absolute Gasteiger partial charge is 0.455 e. The number of allylic oxidation sites excluding steroid dienone is 2. The van der Waals surface area contributed by atoms with Crippen LogP contribution in [0.15, 0.2) is 59.8 Å². The van der Waals surface area contributed by atoms with Crippen LogP contribution in [-0.2, 0) is 19.0 Å². The van der Waals surface area contributed by atoms with Crippen LogP contribution >= 0.6 is 0 Å². The number of fused-ring (bicyclic) bond motifs is 3. The van der Waals surface area contributed by atoms with Gasteiger partial charge in [-0.25, -0.2) is 4.79 Å². The molecular formula is C30H33BN2O7. The number of pyridine rings is 1. The van der Waals surface area contributed by atoms with Crippen LogP contribution in [0.25, 0.3) is 11.6 Å². The number of hydrogen-bond donors (Lipinski definition) is 2. The number of benzene rings is 1. The maximum atomic E-state index is 13.4. The van der Waals surface area contributed by atoms with Crippen LogP contribution in [0.4, 0.5) is 4.79 Å². The van der Waals surface area contributed by atoms with Crippen molar-refractivity contribution in [2.45, 2.75) is 45.5 Å². The fourth-order valence-corrected chi connectivity index (χ4v) is 6.45. The van der Waals surface area contributed by atoms with Crippen molar-refractivity contribution < 1.29 is 33.9 Å². The topological polar surface area (TPSA) is 126 Å². The molecule has 3 aliphatic rings. The van der Waals surface area contributed by atoms with E-state index < -0.39 is 48.9 Å². The molecule has 2 saturated heterocycles. The first kappa shape index (κ1) is 27.8. The fraction of sp³-hybridized carbons (Fsp3) is 0.400. The molecule has 0 unspecified atom stereocenters. The monoisotopic (exact) mass is 544 g/mol. The number of amides is 3. The summed E-state index contributed by atoms with van der Waals surface area (Å²) in [6, 6.07) is 12.6. The molecule has 0 spiro atoms. The van der Waals surface area contributed by atoms with Crippen LogP contribution in [0.5, 0.6) is 5.75 Å². The van der Waals surface area contributed by atoms with Gasteiger partial charge in [-0.15, -0.1) is 0 Å². The summed E-state index contributed by atoms with van der Waals surface area (Å²) in [4.78, 5) is 44.1. The van der Waals surface area contributed by atoms with E-state index in [0.717, 1.165) is 35.1 Å². The SMILES string of the molecule is COC(=O)N1C(=O)[C@@H]2[C@@H](CC(C(C)C)=C3[C@@H](CC/C(=C/c4cccc(O)c4)c4ccccn4)OB(O)C[C@@H]32)C1=O. The van der Waals surface area contributed by atoms with Gasteiger partial charge in [-0.3, -0.25) is 14.6 Å². The minimum atomic E-state index is -1.12. The zero-order valence-electron chi connectivity index (χ0n) is 22.8. The minimum absolute atomic E-state index is 0.0768. The average Bonchev–Trinajstić information content (AvgIpc) is 3.19. The normalized spacial score (nSPS) is 24.9. The van der Waals surface area contributed by atoms with Crippen molar-refractivity contribution >= 4 is 36.7 Å². The number of nitrogens with zero attached hydrogens (tertiary/aromatic N) is 2. The molecule has 40 heavy (non-hydrogen) atoms. The summed E-state index contributed by atoms with van der Waals surface area (Å²) in [5, 5.41) is 20.8. The zero-order valence-corrected chi connectivity index (χ0v) is 22.8. The van der Waals surface area contributed by atoms with Crippen LogP contribution < -0.4 is 0 Å². The Bertz CT molecular complexity index is 1370. The van der Waals surface area contributed by atoms with Crippen LogP contribution in [-0.4, -0.2) is 58.3 Å². The van der Waals surface area contributed by atoms with Crippen molar-refractivity contribution in [2.24, 2.45) is 23.7 Å². The van der Waals surface area contributed by atoms with Crippen LogP contribution in [0, 0.1) is 23.7 Å². The maximum absolute atomic E-state index is 13.4. The first-order chi connectivity index (χ1) is 19.2. The number of ether oxygens (including phenoxy) is 1. The first-order valence-corrected chi connectivity index (χ1v) is 13.6. The maximum Gasteiger partial charge on any atom is 0.455 e. The molecule has 2 fully saturated rings. The van der Waals surface area contributed by atoms with Crippen molar-refractivity contribution in [1.82, 2.24) is 9.88 Å². The number of phenols is 1. The van der Waals surface area contributed by atoms with Gasteiger partial charge in [0.15, 0.2) is 0 Å². The first-order valence-electron chi connectivity index (χ1n) is 13.6. The van der Waals surface area contributed by atoms with E-state index in [1.165, 1.54) is 0 Å². The van der Waals surface area contributed by atoms with Crippen molar-refractivity contribution in [1.29, 1.82) is 0 Å². The molecule has 0 saturated carbocycles. The highest BCUT2D eigenvalue weighted by Gasteiger charge is 2.59. The van der Waals surface area contributed by atoms with E-state index >= 15 is 0 Å². The molecule has 9 nitrogen and oxygen atoms in total. The van der Waals surface area contributed by atoms with Gasteiger partial charge in [-0.1, -0.05) is 37.6 Å². The largest absolute Gasteiger partial charge is 0.508 e. The van der Waals surface area contributed by atoms with E-state index in [1.54, 1.807) is 24.4 Å². The predicted octanol–water partition coefficient (Wildman–Crippen LogP) is 4.33. The van der Waals surface area contributed by atoms with E-state index in [1.807, 2.05) is 44.2 Å². The summed E-state index contributed by atoms with van der Waals surface area (Å²) in [5.74, 6) is -2.71. The van der Waals surface area contributed by atoms with Gasteiger partial charge in [0.1, 0.15) is 5.75 Å². The van der Waals surface area contributed by atoms with Crippen molar-refractivity contribution in [2.75, 3.05) is 7.11 Å². The molecule has 2 aromatic rings. The highest BCUT2D eigenvalue weighted by molar-refractivity contribution is 6.43. The quantitative estimate of drug-likeness (QED) is 0.313. The lowest BCUT2D eigenvalue weighted by Crippen LogP contribution is -2.46. The van der Waals surface area contributed by atoms with Crippen molar-refractivity contribution in [3.63, 3.8) is 0 Å². The highest BCUT2D eigenvalue weighted by Crippen LogP contribution is 2.52. The van der Waals surface area contributed by atoms with E-state index in [2.05, 4.69) is 4.98 Å². The summed E-state index contributed by atoms with van der Waals surface area (Å²) >= 11 is 0. The van der Waals surface area contributed by atoms with Gasteiger partial charge in [-0.2, -0.15) is 4.90 Å². The molecule has 1 aromatic carbocycles. The predicted molar refractivity (Wildman–Crippen MR) is 148 cm³/mol. The van der Waals surface area contributed by atoms with E-state index in [4.69, 9.17) is 9.39 Å². The second kappa shape index (κ2) is 11.4. The number of aromatic hydroxyl groups is 1. The Hall–Kier alpha value is -3.76. The molecule has 3 heterocycles. The van der Waals surface area contributed by atoms with Gasteiger partial charge in [0.25, 0.3) is 0 Å². The zero-order chi connectivity index (χ0) is 28.6. The number of carbonyl (C=O) groups excluding carboxylic acids is 3. The summed E-state index contributed by atoms with van der Waals surface area (Å²) < 4.78 is 10.8. The lowest BCUT2D eigenvalue weighted by atomic mass is 9.57. The second-order valence-electron chi connectivity index (χ2n) is 10.9. The third kappa shape index (κ3) is 5.21. The summed E-state index contributed by atoms with van der Waals surface area (Å²) in [6.07, 6.45) is 3.80. The molecule has 2 aliphatic heterocycles. The van der Waals surface area contributed by atoms with Gasteiger partial charge in [-0.05, 0) is 84.5 Å². The summed E-state index contributed by atoms with van der Waals surface area (Å²) in [7, 11) is 0.0283. The molecule has 1 aromatic heterocycles. The Balaban J connectivity index is 1.49. The molecule has 4 atom stereocenters. The Labute approximate surface area is 233 Å². The Morgan fingerprint density at radius 2 is 2.00 bits per heavy atom. The third-order valence-electron chi connectivity index (χ3n) is 8.18. The molecule has 1 aliphatic carbocycles. The molecular weight excluding hydrogens is 511 g/mol. The van der Waals surface area contributed by atoms with Gasteiger partial charge < -0.3 is 19.5 Å². The van der Waals surface area contributed by atoms with Gasteiger partial charge >= 0.3 is 13.2 Å². The minimum Gasteiger partial charge on any atom is -0.508 e. The Kier molecular flexibility index (Phi) is 7.91. The number of phenolic OH excluding ortho intramolecular Hbond substituents is 1. The van der Waals surface area contributed by atoms with Gasteiger partial charge in [0.2, 0.25) is 11.8 Å². The number of carbonyl (C=O) groups is 3. The fourth-order valence-electron chi connectivity index (χ4n) is 6.45. The van der Waals surface area contributed by atoms with Crippen LogP contribution in [0.3, 0.4) is 0 Å². The number of likely N-dealkylation sites (tertiary alicyclic amines) is 1. The van der Waals surface area contributed by atoms with Crippen LogP contribution in [0.1, 0.15) is 44.4 Å². The molecule has 10 heteroatoms. The standard InChI is InChI=1S/C30H33BN2O7/c1-17(2)21-15-22-27(29(36)33(28(22)35)30(37)39-3)23-16-31(38)40-25(26(21)23)11-10-19(24-9-4-5-12-32-24)13-18-7-6-8-20(34)14-18/h4-9,12-14,17,22-23,25,27,34,38H,10-11,15-16H2,1-3H3/b19-13-/t22-,23+,25-,27-/m1/s1. The average molecular weight is 544 g/mol. The molecule has 5 rings (SSSR count). The lowest BCUT2D eigenvalue weighted by molar-refractivity contribution is -0.137. The number of imide groups is 3. The van der Waals surface area contributed by atoms with E-state index in [9.17, 15) is 24.5 Å². The molecule has 2 N–H and O–H groups in total. The molecule has 0 radical (unpaired) electrons. The van der Waals surface area contributed by atoms with Crippen molar-refractivity contribution in [3.8, 4) is 5.75 Å². The molecule has 0 bridgehead atoms. The molecule has 3 amide bonds. The summed E-state index contributed by atoms with van der Waals surface area (Å²) in [5.41, 5.74) is 4.52.